The molecule has 0 bridgehead atoms. The van der Waals surface area contributed by atoms with E-state index in [2.05, 4.69) is 44.0 Å². The zero-order chi connectivity index (χ0) is 13.8. The average molecular weight is 263 g/mol. The molecule has 2 unspecified atom stereocenters. The molecular weight excluding hydrogens is 238 g/mol. The van der Waals surface area contributed by atoms with Crippen LogP contribution in [-0.4, -0.2) is 42.9 Å². The Kier molecular flexibility index (Phi) is 4.97. The largest absolute Gasteiger partial charge is 0.387 e. The van der Waals surface area contributed by atoms with E-state index in [-0.39, 0.29) is 0 Å². The van der Waals surface area contributed by atoms with E-state index in [4.69, 9.17) is 4.74 Å². The fourth-order valence-electron chi connectivity index (χ4n) is 2.72. The van der Waals surface area contributed by atoms with Crippen molar-refractivity contribution in [2.24, 2.45) is 0 Å². The molecule has 0 aromatic heterocycles. The number of aliphatic hydroxyl groups excluding tert-OH is 1. The fourth-order valence-corrected chi connectivity index (χ4v) is 2.72. The number of nitrogens with zero attached hydrogens (tertiary/aromatic N) is 1. The Bertz CT molecular complexity index is 413. The zero-order valence-electron chi connectivity index (χ0n) is 12.2. The summed E-state index contributed by atoms with van der Waals surface area (Å²) in [6.45, 7) is 6.56. The minimum Gasteiger partial charge on any atom is -0.387 e. The van der Waals surface area contributed by atoms with E-state index in [1.54, 1.807) is 0 Å². The molecular formula is C16H25NO2. The van der Waals surface area contributed by atoms with Crippen LogP contribution in [0.1, 0.15) is 35.6 Å². The van der Waals surface area contributed by atoms with Gasteiger partial charge in [-0.3, -0.25) is 0 Å². The van der Waals surface area contributed by atoms with Crippen molar-refractivity contribution in [1.29, 1.82) is 0 Å². The van der Waals surface area contributed by atoms with Crippen molar-refractivity contribution in [2.45, 2.75) is 38.9 Å². The monoisotopic (exact) mass is 263 g/mol. The van der Waals surface area contributed by atoms with E-state index < -0.39 is 6.10 Å². The summed E-state index contributed by atoms with van der Waals surface area (Å²) in [5.41, 5.74) is 3.39. The number of likely N-dealkylation sites (N-methyl/N-ethyl adjacent to an activating group) is 1. The maximum absolute atomic E-state index is 10.4. The maximum atomic E-state index is 10.4. The Hall–Kier alpha value is -0.900. The lowest BCUT2D eigenvalue weighted by atomic mass is 10.0. The molecule has 1 aromatic rings. The van der Waals surface area contributed by atoms with Gasteiger partial charge in [0.25, 0.3) is 0 Å². The van der Waals surface area contributed by atoms with Gasteiger partial charge in [-0.1, -0.05) is 23.8 Å². The summed E-state index contributed by atoms with van der Waals surface area (Å²) in [4.78, 5) is 2.17. The van der Waals surface area contributed by atoms with Crippen LogP contribution < -0.4 is 0 Å². The second-order valence-corrected chi connectivity index (χ2v) is 5.73. The number of hydrogen-bond acceptors (Lipinski definition) is 3. The van der Waals surface area contributed by atoms with Gasteiger partial charge >= 0.3 is 0 Å². The van der Waals surface area contributed by atoms with Gasteiger partial charge in [0.2, 0.25) is 0 Å². The molecule has 1 N–H and O–H groups in total. The highest BCUT2D eigenvalue weighted by atomic mass is 16.5. The maximum Gasteiger partial charge on any atom is 0.0919 e. The normalized spacial score (nSPS) is 21.0. The van der Waals surface area contributed by atoms with Crippen molar-refractivity contribution in [2.75, 3.05) is 26.7 Å². The number of aliphatic hydroxyl groups is 1. The number of rotatable bonds is 5. The first-order valence-corrected chi connectivity index (χ1v) is 7.11. The lowest BCUT2D eigenvalue weighted by molar-refractivity contribution is 0.0601. The second-order valence-electron chi connectivity index (χ2n) is 5.73. The van der Waals surface area contributed by atoms with Crippen LogP contribution in [0, 0.1) is 13.8 Å². The van der Waals surface area contributed by atoms with Gasteiger partial charge in [-0.05, 0) is 44.9 Å². The highest BCUT2D eigenvalue weighted by Crippen LogP contribution is 2.21. The van der Waals surface area contributed by atoms with Crippen molar-refractivity contribution < 1.29 is 9.84 Å². The van der Waals surface area contributed by atoms with Gasteiger partial charge in [-0.25, -0.2) is 0 Å². The zero-order valence-corrected chi connectivity index (χ0v) is 12.2. The SMILES string of the molecule is Cc1ccc(C)c(C(O)CN(C)CC2CCCO2)c1. The quantitative estimate of drug-likeness (QED) is 0.885. The molecule has 0 saturated carbocycles. The van der Waals surface area contributed by atoms with Gasteiger partial charge in [0.15, 0.2) is 0 Å². The topological polar surface area (TPSA) is 32.7 Å². The minimum atomic E-state index is -0.425. The number of ether oxygens (including phenoxy) is 1. The Labute approximate surface area is 116 Å². The molecule has 3 heteroatoms. The van der Waals surface area contributed by atoms with Crippen molar-refractivity contribution in [3.05, 3.63) is 34.9 Å². The lowest BCUT2D eigenvalue weighted by Gasteiger charge is -2.24. The molecule has 1 heterocycles. The highest BCUT2D eigenvalue weighted by molar-refractivity contribution is 5.32. The summed E-state index contributed by atoms with van der Waals surface area (Å²) in [5, 5.41) is 10.4. The van der Waals surface area contributed by atoms with Gasteiger partial charge in [0.1, 0.15) is 0 Å². The van der Waals surface area contributed by atoms with Gasteiger partial charge in [0.05, 0.1) is 12.2 Å². The molecule has 1 aliphatic heterocycles. The van der Waals surface area contributed by atoms with Crippen molar-refractivity contribution in [3.63, 3.8) is 0 Å². The molecule has 1 fully saturated rings. The number of aryl methyl sites for hydroxylation is 2. The minimum absolute atomic E-state index is 0.343. The molecule has 0 aliphatic carbocycles. The molecule has 2 atom stereocenters. The summed E-state index contributed by atoms with van der Waals surface area (Å²) in [6, 6.07) is 6.25. The van der Waals surface area contributed by atoms with Gasteiger partial charge in [0, 0.05) is 19.7 Å². The molecule has 1 aliphatic rings. The first kappa shape index (κ1) is 14.5. The first-order valence-electron chi connectivity index (χ1n) is 7.11. The number of hydrogen-bond donors (Lipinski definition) is 1. The molecule has 3 nitrogen and oxygen atoms in total. The Balaban J connectivity index is 1.91. The van der Waals surface area contributed by atoms with Crippen LogP contribution in [0.4, 0.5) is 0 Å². The lowest BCUT2D eigenvalue weighted by Crippen LogP contribution is -2.32. The van der Waals surface area contributed by atoms with E-state index in [0.717, 1.165) is 37.1 Å². The van der Waals surface area contributed by atoms with Crippen molar-refractivity contribution >= 4 is 0 Å². The van der Waals surface area contributed by atoms with Crippen LogP contribution in [0.15, 0.2) is 18.2 Å². The van der Waals surface area contributed by atoms with Crippen LogP contribution in [0.2, 0.25) is 0 Å². The third kappa shape index (κ3) is 4.03. The van der Waals surface area contributed by atoms with Crippen LogP contribution >= 0.6 is 0 Å². The fraction of sp³-hybridized carbons (Fsp3) is 0.625. The molecule has 0 radical (unpaired) electrons. The van der Waals surface area contributed by atoms with E-state index >= 15 is 0 Å². The van der Waals surface area contributed by atoms with Crippen molar-refractivity contribution in [1.82, 2.24) is 4.90 Å². The summed E-state index contributed by atoms with van der Waals surface area (Å²) >= 11 is 0. The number of benzene rings is 1. The second kappa shape index (κ2) is 6.51. The third-order valence-electron chi connectivity index (χ3n) is 3.82. The molecule has 0 amide bonds. The Morgan fingerprint density at radius 1 is 1.42 bits per heavy atom. The van der Waals surface area contributed by atoms with Crippen LogP contribution in [-0.2, 0) is 4.74 Å². The van der Waals surface area contributed by atoms with Crippen LogP contribution in [0.3, 0.4) is 0 Å². The summed E-state index contributed by atoms with van der Waals surface area (Å²) in [7, 11) is 2.05. The van der Waals surface area contributed by atoms with E-state index in [9.17, 15) is 5.11 Å². The van der Waals surface area contributed by atoms with Gasteiger partial charge in [-0.15, -0.1) is 0 Å². The predicted octanol–water partition coefficient (Wildman–Crippen LogP) is 2.45. The van der Waals surface area contributed by atoms with Gasteiger partial charge in [-0.2, -0.15) is 0 Å². The molecule has 106 valence electrons. The summed E-state index contributed by atoms with van der Waals surface area (Å²) < 4.78 is 5.63. The molecule has 1 saturated heterocycles. The van der Waals surface area contributed by atoms with E-state index in [1.165, 1.54) is 5.56 Å². The summed E-state index contributed by atoms with van der Waals surface area (Å²) in [6.07, 6.45) is 2.23. The molecule has 1 aromatic carbocycles. The van der Waals surface area contributed by atoms with E-state index in [0.29, 0.717) is 12.6 Å². The standard InChI is InChI=1S/C16H25NO2/c1-12-6-7-13(2)15(9-12)16(18)11-17(3)10-14-5-4-8-19-14/h6-7,9,14,16,18H,4-5,8,10-11H2,1-3H3. The molecule has 19 heavy (non-hydrogen) atoms. The molecule has 0 spiro atoms. The van der Waals surface area contributed by atoms with Crippen molar-refractivity contribution in [3.8, 4) is 0 Å². The Morgan fingerprint density at radius 2 is 2.21 bits per heavy atom. The highest BCUT2D eigenvalue weighted by Gasteiger charge is 2.19. The Morgan fingerprint density at radius 3 is 2.89 bits per heavy atom. The first-order chi connectivity index (χ1) is 9.06. The van der Waals surface area contributed by atoms with Crippen LogP contribution in [0.5, 0.6) is 0 Å². The van der Waals surface area contributed by atoms with E-state index in [1.807, 2.05) is 0 Å². The molecule has 2 rings (SSSR count). The summed E-state index contributed by atoms with van der Waals surface area (Å²) in [5.74, 6) is 0. The smallest absolute Gasteiger partial charge is 0.0919 e. The van der Waals surface area contributed by atoms with Gasteiger partial charge < -0.3 is 14.7 Å². The van der Waals surface area contributed by atoms with Crippen LogP contribution in [0.25, 0.3) is 0 Å². The average Bonchev–Trinajstić information content (AvgIpc) is 2.84. The predicted molar refractivity (Wildman–Crippen MR) is 77.3 cm³/mol. The third-order valence-corrected chi connectivity index (χ3v) is 3.82.